The first-order valence-corrected chi connectivity index (χ1v) is 7.02. The fraction of sp³-hybridized carbons (Fsp3) is 0.455. The van der Waals surface area contributed by atoms with E-state index in [9.17, 15) is 12.8 Å². The second-order valence-corrected chi connectivity index (χ2v) is 5.56. The molecular weight excluding hydrogens is 245 g/mol. The van der Waals surface area contributed by atoms with E-state index in [1.54, 1.807) is 18.2 Å². The van der Waals surface area contributed by atoms with Crippen LogP contribution in [0.25, 0.3) is 0 Å². The third kappa shape index (κ3) is 5.25. The number of halogens is 1. The van der Waals surface area contributed by atoms with Crippen LogP contribution in [0.5, 0.6) is 0 Å². The van der Waals surface area contributed by atoms with Crippen molar-refractivity contribution in [3.8, 4) is 0 Å². The van der Waals surface area contributed by atoms with Gasteiger partial charge in [-0.2, -0.15) is 0 Å². The fourth-order valence-electron chi connectivity index (χ4n) is 1.37. The highest BCUT2D eigenvalue weighted by atomic mass is 32.2. The lowest BCUT2D eigenvalue weighted by atomic mass is 10.1. The smallest absolute Gasteiger partial charge is 0.211 e. The number of nitrogens with one attached hydrogen (secondary N) is 1. The van der Waals surface area contributed by atoms with Gasteiger partial charge < -0.3 is 5.11 Å². The maximum Gasteiger partial charge on any atom is 0.211 e. The van der Waals surface area contributed by atoms with Gasteiger partial charge in [0.2, 0.25) is 10.0 Å². The van der Waals surface area contributed by atoms with Gasteiger partial charge in [-0.1, -0.05) is 18.2 Å². The van der Waals surface area contributed by atoms with Crippen molar-refractivity contribution in [2.24, 2.45) is 0 Å². The summed E-state index contributed by atoms with van der Waals surface area (Å²) >= 11 is 0. The number of sulfonamides is 1. The highest BCUT2D eigenvalue weighted by Crippen LogP contribution is 2.06. The molecule has 0 aliphatic carbocycles. The van der Waals surface area contributed by atoms with Gasteiger partial charge in [-0.3, -0.25) is 0 Å². The summed E-state index contributed by atoms with van der Waals surface area (Å²) in [5, 5.41) is 8.53. The molecule has 0 atom stereocenters. The van der Waals surface area contributed by atoms with Crippen molar-refractivity contribution in [1.82, 2.24) is 4.72 Å². The average Bonchev–Trinajstić information content (AvgIpc) is 2.29. The molecule has 0 saturated carbocycles. The van der Waals surface area contributed by atoms with E-state index in [-0.39, 0.29) is 31.1 Å². The molecule has 0 amide bonds. The Hall–Kier alpha value is -0.980. The Morgan fingerprint density at radius 1 is 1.29 bits per heavy atom. The Kier molecular flexibility index (Phi) is 5.54. The number of hydrogen-bond donors (Lipinski definition) is 2. The lowest BCUT2D eigenvalue weighted by Gasteiger charge is -2.06. The topological polar surface area (TPSA) is 66.4 Å². The third-order valence-corrected chi connectivity index (χ3v) is 3.72. The molecule has 17 heavy (non-hydrogen) atoms. The summed E-state index contributed by atoms with van der Waals surface area (Å²) in [5.41, 5.74) is 0.484. The molecule has 1 rings (SSSR count). The van der Waals surface area contributed by atoms with Crippen LogP contribution in [0.3, 0.4) is 0 Å². The van der Waals surface area contributed by atoms with Crippen molar-refractivity contribution >= 4 is 10.0 Å². The van der Waals surface area contributed by atoms with E-state index in [1.807, 2.05) is 0 Å². The van der Waals surface area contributed by atoms with Crippen LogP contribution in [0, 0.1) is 5.82 Å². The first-order chi connectivity index (χ1) is 8.05. The number of rotatable bonds is 7. The SMILES string of the molecule is O=S(=O)(CCCO)NCCc1ccccc1F. The van der Waals surface area contributed by atoms with Crippen LogP contribution in [0.15, 0.2) is 24.3 Å². The minimum absolute atomic E-state index is 0.110. The lowest BCUT2D eigenvalue weighted by Crippen LogP contribution is -2.28. The zero-order chi connectivity index (χ0) is 12.7. The quantitative estimate of drug-likeness (QED) is 0.758. The standard InChI is InChI=1S/C11H16FNO3S/c12-11-5-2-1-4-10(11)6-7-13-17(15,16)9-3-8-14/h1-2,4-5,13-14H,3,6-9H2. The summed E-state index contributed by atoms with van der Waals surface area (Å²) in [6, 6.07) is 6.26. The Labute approximate surface area is 101 Å². The number of aliphatic hydroxyl groups excluding tert-OH is 1. The van der Waals surface area contributed by atoms with Gasteiger partial charge in [0, 0.05) is 13.2 Å². The molecule has 1 aromatic rings. The van der Waals surface area contributed by atoms with Gasteiger partial charge in [-0.25, -0.2) is 17.5 Å². The van der Waals surface area contributed by atoms with Gasteiger partial charge in [0.05, 0.1) is 5.75 Å². The van der Waals surface area contributed by atoms with Crippen molar-refractivity contribution in [3.05, 3.63) is 35.6 Å². The summed E-state index contributed by atoms with van der Waals surface area (Å²) in [5.74, 6) is -0.442. The maximum atomic E-state index is 13.2. The van der Waals surface area contributed by atoms with Crippen LogP contribution in [0.1, 0.15) is 12.0 Å². The van der Waals surface area contributed by atoms with Crippen LogP contribution in [0.2, 0.25) is 0 Å². The van der Waals surface area contributed by atoms with Crippen molar-refractivity contribution in [2.75, 3.05) is 18.9 Å². The lowest BCUT2D eigenvalue weighted by molar-refractivity contribution is 0.295. The Morgan fingerprint density at radius 2 is 2.00 bits per heavy atom. The summed E-state index contributed by atoms with van der Waals surface area (Å²) < 4.78 is 38.3. The van der Waals surface area contributed by atoms with E-state index in [1.165, 1.54) is 6.07 Å². The van der Waals surface area contributed by atoms with Crippen LogP contribution >= 0.6 is 0 Å². The van der Waals surface area contributed by atoms with E-state index in [2.05, 4.69) is 4.72 Å². The predicted molar refractivity (Wildman–Crippen MR) is 63.6 cm³/mol. The van der Waals surface area contributed by atoms with Crippen molar-refractivity contribution in [3.63, 3.8) is 0 Å². The Morgan fingerprint density at radius 3 is 2.65 bits per heavy atom. The number of aliphatic hydroxyl groups is 1. The molecule has 0 aliphatic rings. The molecule has 0 unspecified atom stereocenters. The molecule has 0 saturated heterocycles. The van der Waals surface area contributed by atoms with Crippen LogP contribution in [-0.2, 0) is 16.4 Å². The molecule has 4 nitrogen and oxygen atoms in total. The zero-order valence-electron chi connectivity index (χ0n) is 9.39. The van der Waals surface area contributed by atoms with E-state index in [0.29, 0.717) is 12.0 Å². The van der Waals surface area contributed by atoms with E-state index >= 15 is 0 Å². The van der Waals surface area contributed by atoms with Gasteiger partial charge in [0.1, 0.15) is 5.82 Å². The minimum atomic E-state index is -3.36. The minimum Gasteiger partial charge on any atom is -0.396 e. The Bertz CT molecular complexity index is 448. The van der Waals surface area contributed by atoms with Crippen LogP contribution < -0.4 is 4.72 Å². The maximum absolute atomic E-state index is 13.2. The van der Waals surface area contributed by atoms with Gasteiger partial charge in [0.25, 0.3) is 0 Å². The molecule has 2 N–H and O–H groups in total. The monoisotopic (exact) mass is 261 g/mol. The summed E-state index contributed by atoms with van der Waals surface area (Å²) in [6.07, 6.45) is 0.514. The van der Waals surface area contributed by atoms with Crippen LogP contribution in [0.4, 0.5) is 4.39 Å². The number of hydrogen-bond acceptors (Lipinski definition) is 3. The fourth-order valence-corrected chi connectivity index (χ4v) is 2.44. The van der Waals surface area contributed by atoms with Crippen molar-refractivity contribution in [2.45, 2.75) is 12.8 Å². The normalized spacial score (nSPS) is 11.6. The molecule has 1 aromatic carbocycles. The summed E-state index contributed by atoms with van der Waals surface area (Å²) in [6.45, 7) is 0.00290. The first-order valence-electron chi connectivity index (χ1n) is 5.37. The molecule has 0 heterocycles. The van der Waals surface area contributed by atoms with E-state index in [0.717, 1.165) is 0 Å². The van der Waals surface area contributed by atoms with E-state index in [4.69, 9.17) is 5.11 Å². The molecule has 0 fully saturated rings. The second kappa shape index (κ2) is 6.68. The molecule has 0 bridgehead atoms. The third-order valence-electron chi connectivity index (χ3n) is 2.25. The molecule has 96 valence electrons. The predicted octanol–water partition coefficient (Wildman–Crippen LogP) is 0.670. The van der Waals surface area contributed by atoms with Gasteiger partial charge >= 0.3 is 0 Å². The summed E-state index contributed by atoms with van der Waals surface area (Å²) in [4.78, 5) is 0. The molecule has 0 spiro atoms. The largest absolute Gasteiger partial charge is 0.396 e. The molecule has 0 aromatic heterocycles. The zero-order valence-corrected chi connectivity index (χ0v) is 10.2. The molecule has 6 heteroatoms. The molecule has 0 radical (unpaired) electrons. The second-order valence-electron chi connectivity index (χ2n) is 3.63. The van der Waals surface area contributed by atoms with Gasteiger partial charge in [0.15, 0.2) is 0 Å². The van der Waals surface area contributed by atoms with Gasteiger partial charge in [-0.05, 0) is 24.5 Å². The van der Waals surface area contributed by atoms with Crippen LogP contribution in [-0.4, -0.2) is 32.4 Å². The number of benzene rings is 1. The highest BCUT2D eigenvalue weighted by Gasteiger charge is 2.09. The molecule has 0 aliphatic heterocycles. The summed E-state index contributed by atoms with van der Waals surface area (Å²) in [7, 11) is -3.36. The molecular formula is C11H16FNO3S. The van der Waals surface area contributed by atoms with E-state index < -0.39 is 10.0 Å². The first kappa shape index (κ1) is 14.1. The van der Waals surface area contributed by atoms with Gasteiger partial charge in [-0.15, -0.1) is 0 Å². The Balaban J connectivity index is 2.40. The van der Waals surface area contributed by atoms with Crippen molar-refractivity contribution in [1.29, 1.82) is 0 Å². The highest BCUT2D eigenvalue weighted by molar-refractivity contribution is 7.89. The average molecular weight is 261 g/mol. The van der Waals surface area contributed by atoms with Crippen molar-refractivity contribution < 1.29 is 17.9 Å².